The van der Waals surface area contributed by atoms with Crippen LogP contribution >= 0.6 is 11.6 Å². The molecule has 0 fully saturated rings. The van der Waals surface area contributed by atoms with E-state index < -0.39 is 0 Å². The van der Waals surface area contributed by atoms with Crippen molar-refractivity contribution in [3.8, 4) is 0 Å². The zero-order chi connectivity index (χ0) is 8.59. The lowest BCUT2D eigenvalue weighted by Gasteiger charge is -2.02. The third-order valence-electron chi connectivity index (χ3n) is 1.72. The number of hydrogen-bond donors (Lipinski definition) is 0. The average Bonchev–Trinajstić information content (AvgIpc) is 1.97. The van der Waals surface area contributed by atoms with Crippen LogP contribution in [0.3, 0.4) is 0 Å². The second kappa shape index (κ2) is 2.66. The highest BCUT2D eigenvalue weighted by Gasteiger charge is 2.05. The largest absolute Gasteiger partial charge is 0.269 e. The molecule has 1 aromatic heterocycles. The molecule has 0 aromatic carbocycles. The molecule has 0 atom stereocenters. The molecule has 0 aliphatic heterocycles. The number of halogens is 1. The number of hydrogen-bond acceptors (Lipinski definition) is 2. The summed E-state index contributed by atoms with van der Waals surface area (Å²) in [6.45, 7) is 3.53. The molecule has 0 aliphatic rings. The average molecular weight is 173 g/mol. The second-order valence-corrected chi connectivity index (χ2v) is 2.83. The van der Waals surface area contributed by atoms with Crippen LogP contribution < -0.4 is 5.56 Å². The van der Waals surface area contributed by atoms with Crippen LogP contribution in [-0.2, 0) is 7.05 Å². The van der Waals surface area contributed by atoms with Gasteiger partial charge in [0.2, 0.25) is 0 Å². The van der Waals surface area contributed by atoms with Crippen LogP contribution in [0.15, 0.2) is 4.79 Å². The molecule has 0 saturated carbocycles. The molecule has 1 aromatic rings. The molecule has 0 bridgehead atoms. The summed E-state index contributed by atoms with van der Waals surface area (Å²) in [5.74, 6) is 0. The van der Waals surface area contributed by atoms with E-state index in [4.69, 9.17) is 11.6 Å². The van der Waals surface area contributed by atoms with Gasteiger partial charge in [0.05, 0.1) is 0 Å². The van der Waals surface area contributed by atoms with E-state index in [9.17, 15) is 4.79 Å². The van der Waals surface area contributed by atoms with Gasteiger partial charge in [0.25, 0.3) is 5.56 Å². The summed E-state index contributed by atoms with van der Waals surface area (Å²) in [5, 5.41) is 4.20. The quantitative estimate of drug-likeness (QED) is 0.587. The Kier molecular flexibility index (Phi) is 2.00. The van der Waals surface area contributed by atoms with Crippen molar-refractivity contribution in [2.45, 2.75) is 13.8 Å². The fourth-order valence-corrected chi connectivity index (χ4v) is 1.07. The van der Waals surface area contributed by atoms with Gasteiger partial charge < -0.3 is 0 Å². The lowest BCUT2D eigenvalue weighted by molar-refractivity contribution is 0.696. The first-order valence-electron chi connectivity index (χ1n) is 3.24. The van der Waals surface area contributed by atoms with Crippen molar-refractivity contribution >= 4 is 11.6 Å². The van der Waals surface area contributed by atoms with Gasteiger partial charge in [-0.15, -0.1) is 0 Å². The van der Waals surface area contributed by atoms with E-state index in [0.29, 0.717) is 10.7 Å². The Morgan fingerprint density at radius 2 is 1.91 bits per heavy atom. The normalized spacial score (nSPS) is 10.2. The summed E-state index contributed by atoms with van der Waals surface area (Å²) < 4.78 is 1.24. The van der Waals surface area contributed by atoms with E-state index in [1.807, 2.05) is 0 Å². The highest BCUT2D eigenvalue weighted by molar-refractivity contribution is 6.30. The van der Waals surface area contributed by atoms with Crippen LogP contribution in [-0.4, -0.2) is 9.78 Å². The first kappa shape index (κ1) is 8.27. The lowest BCUT2D eigenvalue weighted by Crippen LogP contribution is -2.23. The van der Waals surface area contributed by atoms with Gasteiger partial charge in [-0.3, -0.25) is 4.79 Å². The van der Waals surface area contributed by atoms with Crippen LogP contribution in [0.2, 0.25) is 5.15 Å². The van der Waals surface area contributed by atoms with E-state index in [-0.39, 0.29) is 5.56 Å². The maximum atomic E-state index is 11.2. The van der Waals surface area contributed by atoms with E-state index in [0.717, 1.165) is 5.56 Å². The van der Waals surface area contributed by atoms with E-state index in [1.54, 1.807) is 20.9 Å². The van der Waals surface area contributed by atoms with Crippen LogP contribution in [0.4, 0.5) is 0 Å². The van der Waals surface area contributed by atoms with Gasteiger partial charge >= 0.3 is 0 Å². The van der Waals surface area contributed by atoms with Crippen molar-refractivity contribution < 1.29 is 0 Å². The Balaban J connectivity index is 3.59. The SMILES string of the molecule is Cc1c(Cl)nn(C)c(=O)c1C. The van der Waals surface area contributed by atoms with E-state index in [2.05, 4.69) is 5.10 Å². The molecule has 60 valence electrons. The van der Waals surface area contributed by atoms with E-state index in [1.165, 1.54) is 4.68 Å². The van der Waals surface area contributed by atoms with Crippen molar-refractivity contribution in [1.82, 2.24) is 9.78 Å². The zero-order valence-corrected chi connectivity index (χ0v) is 7.44. The molecule has 0 spiro atoms. The van der Waals surface area contributed by atoms with Crippen molar-refractivity contribution in [2.75, 3.05) is 0 Å². The fourth-order valence-electron chi connectivity index (χ4n) is 0.810. The predicted octanol–water partition coefficient (Wildman–Crippen LogP) is 1.05. The zero-order valence-electron chi connectivity index (χ0n) is 6.68. The van der Waals surface area contributed by atoms with Gasteiger partial charge in [-0.25, -0.2) is 4.68 Å². The standard InChI is InChI=1S/C7H9ClN2O/c1-4-5(2)7(11)10(3)9-6(4)8/h1-3H3. The fraction of sp³-hybridized carbons (Fsp3) is 0.429. The molecule has 0 unspecified atom stereocenters. The number of rotatable bonds is 0. The van der Waals surface area contributed by atoms with Gasteiger partial charge in [0.1, 0.15) is 0 Å². The Morgan fingerprint density at radius 3 is 2.45 bits per heavy atom. The smallest absolute Gasteiger partial charge is 0.268 e. The van der Waals surface area contributed by atoms with Crippen LogP contribution in [0.25, 0.3) is 0 Å². The molecule has 1 heterocycles. The molecule has 0 aliphatic carbocycles. The molecule has 0 saturated heterocycles. The third kappa shape index (κ3) is 1.28. The summed E-state index contributed by atoms with van der Waals surface area (Å²) in [7, 11) is 1.58. The summed E-state index contributed by atoms with van der Waals surface area (Å²) in [4.78, 5) is 11.2. The summed E-state index contributed by atoms with van der Waals surface area (Å²) in [5.41, 5.74) is 1.33. The maximum absolute atomic E-state index is 11.2. The molecule has 0 radical (unpaired) electrons. The molecular formula is C7H9ClN2O. The molecule has 3 nitrogen and oxygen atoms in total. The van der Waals surface area contributed by atoms with E-state index >= 15 is 0 Å². The Morgan fingerprint density at radius 1 is 1.36 bits per heavy atom. The monoisotopic (exact) mass is 172 g/mol. The second-order valence-electron chi connectivity index (χ2n) is 2.47. The summed E-state index contributed by atoms with van der Waals surface area (Å²) in [6.07, 6.45) is 0. The minimum absolute atomic E-state index is 0.0908. The summed E-state index contributed by atoms with van der Waals surface area (Å²) in [6, 6.07) is 0. The third-order valence-corrected chi connectivity index (χ3v) is 2.08. The highest BCUT2D eigenvalue weighted by Crippen LogP contribution is 2.10. The van der Waals surface area contributed by atoms with Crippen molar-refractivity contribution in [3.05, 3.63) is 26.6 Å². The Hall–Kier alpha value is -0.830. The van der Waals surface area contributed by atoms with Crippen molar-refractivity contribution in [1.29, 1.82) is 0 Å². The topological polar surface area (TPSA) is 34.9 Å². The van der Waals surface area contributed by atoms with Crippen LogP contribution in [0.1, 0.15) is 11.1 Å². The first-order valence-corrected chi connectivity index (χ1v) is 3.62. The Bertz CT molecular complexity index is 343. The summed E-state index contributed by atoms with van der Waals surface area (Å²) >= 11 is 5.72. The van der Waals surface area contributed by atoms with Gasteiger partial charge in [-0.2, -0.15) is 5.10 Å². The molecular weight excluding hydrogens is 164 g/mol. The number of aryl methyl sites for hydroxylation is 1. The van der Waals surface area contributed by atoms with Crippen LogP contribution in [0.5, 0.6) is 0 Å². The number of nitrogens with zero attached hydrogens (tertiary/aromatic N) is 2. The van der Waals surface area contributed by atoms with Crippen LogP contribution in [0, 0.1) is 13.8 Å². The van der Waals surface area contributed by atoms with Gasteiger partial charge in [0, 0.05) is 12.6 Å². The molecule has 11 heavy (non-hydrogen) atoms. The van der Waals surface area contributed by atoms with Gasteiger partial charge in [0.15, 0.2) is 5.15 Å². The molecule has 0 amide bonds. The lowest BCUT2D eigenvalue weighted by atomic mass is 10.2. The highest BCUT2D eigenvalue weighted by atomic mass is 35.5. The number of aromatic nitrogens is 2. The molecule has 4 heteroatoms. The van der Waals surface area contributed by atoms with Gasteiger partial charge in [-0.05, 0) is 19.4 Å². The van der Waals surface area contributed by atoms with Gasteiger partial charge in [-0.1, -0.05) is 11.6 Å². The van der Waals surface area contributed by atoms with Crippen molar-refractivity contribution in [2.24, 2.45) is 7.05 Å². The minimum atomic E-state index is -0.0908. The predicted molar refractivity (Wildman–Crippen MR) is 44.0 cm³/mol. The minimum Gasteiger partial charge on any atom is -0.268 e. The first-order chi connectivity index (χ1) is 5.04. The Labute approximate surface area is 69.6 Å². The molecule has 0 N–H and O–H groups in total. The molecule has 1 rings (SSSR count). The maximum Gasteiger partial charge on any atom is 0.269 e. The van der Waals surface area contributed by atoms with Crippen molar-refractivity contribution in [3.63, 3.8) is 0 Å².